The second kappa shape index (κ2) is 8.13. The van der Waals surface area contributed by atoms with Gasteiger partial charge < -0.3 is 15.0 Å². The summed E-state index contributed by atoms with van der Waals surface area (Å²) in [5, 5.41) is 3.73. The Bertz CT molecular complexity index is 205. The van der Waals surface area contributed by atoms with Crippen LogP contribution in [0, 0.1) is 0 Å². The second-order valence-electron chi connectivity index (χ2n) is 5.72. The molecule has 0 aliphatic heterocycles. The number of hydrogen-bond acceptors (Lipinski definition) is 3. The maximum Gasteiger partial charge on any atom is 0.0637 e. The summed E-state index contributed by atoms with van der Waals surface area (Å²) < 4.78 is 5.73. The van der Waals surface area contributed by atoms with Crippen molar-refractivity contribution in [3.8, 4) is 0 Å². The van der Waals surface area contributed by atoms with Crippen molar-refractivity contribution >= 4 is 0 Å². The van der Waals surface area contributed by atoms with Crippen LogP contribution in [-0.2, 0) is 4.74 Å². The molecule has 0 aromatic heterocycles. The molecule has 1 saturated carbocycles. The van der Waals surface area contributed by atoms with Gasteiger partial charge in [-0.1, -0.05) is 26.2 Å². The average molecular weight is 256 g/mol. The molecule has 3 heteroatoms. The van der Waals surface area contributed by atoms with Gasteiger partial charge in [0.15, 0.2) is 0 Å². The summed E-state index contributed by atoms with van der Waals surface area (Å²) in [5.74, 6) is 0. The molecule has 108 valence electrons. The Morgan fingerprint density at radius 1 is 1.17 bits per heavy atom. The molecule has 1 rings (SSSR count). The standard InChI is InChI=1S/C15H32N2O/c1-5-12-16-14(13-18-6-2)15(17(3)4)10-8-7-9-11-15/h14,16H,5-13H2,1-4H3. The fourth-order valence-corrected chi connectivity index (χ4v) is 3.23. The number of nitrogens with zero attached hydrogens (tertiary/aromatic N) is 1. The van der Waals surface area contributed by atoms with E-state index >= 15 is 0 Å². The van der Waals surface area contributed by atoms with Crippen molar-refractivity contribution in [2.24, 2.45) is 0 Å². The Labute approximate surface area is 113 Å². The molecule has 1 unspecified atom stereocenters. The second-order valence-corrected chi connectivity index (χ2v) is 5.72. The summed E-state index contributed by atoms with van der Waals surface area (Å²) in [4.78, 5) is 2.44. The lowest BCUT2D eigenvalue weighted by Gasteiger charge is -2.48. The van der Waals surface area contributed by atoms with Crippen LogP contribution in [0.3, 0.4) is 0 Å². The third-order valence-electron chi connectivity index (χ3n) is 4.39. The largest absolute Gasteiger partial charge is 0.380 e. The van der Waals surface area contributed by atoms with Crippen molar-refractivity contribution in [3.05, 3.63) is 0 Å². The molecule has 1 aliphatic rings. The van der Waals surface area contributed by atoms with E-state index < -0.39 is 0 Å². The number of hydrogen-bond donors (Lipinski definition) is 1. The fourth-order valence-electron chi connectivity index (χ4n) is 3.23. The van der Waals surface area contributed by atoms with E-state index in [1.54, 1.807) is 0 Å². The van der Waals surface area contributed by atoms with Gasteiger partial charge in [-0.2, -0.15) is 0 Å². The van der Waals surface area contributed by atoms with Gasteiger partial charge in [-0.15, -0.1) is 0 Å². The topological polar surface area (TPSA) is 24.5 Å². The average Bonchev–Trinajstić information content (AvgIpc) is 2.39. The highest BCUT2D eigenvalue weighted by atomic mass is 16.5. The van der Waals surface area contributed by atoms with Crippen LogP contribution in [0.1, 0.15) is 52.4 Å². The van der Waals surface area contributed by atoms with Gasteiger partial charge in [0, 0.05) is 18.2 Å². The molecule has 0 aromatic carbocycles. The van der Waals surface area contributed by atoms with E-state index in [9.17, 15) is 0 Å². The first kappa shape index (κ1) is 15.9. The third kappa shape index (κ3) is 3.94. The quantitative estimate of drug-likeness (QED) is 0.722. The van der Waals surface area contributed by atoms with E-state index in [1.165, 1.54) is 38.5 Å². The van der Waals surface area contributed by atoms with Crippen molar-refractivity contribution in [1.82, 2.24) is 10.2 Å². The molecule has 0 spiro atoms. The van der Waals surface area contributed by atoms with Gasteiger partial charge in [-0.25, -0.2) is 0 Å². The molecule has 0 radical (unpaired) electrons. The zero-order valence-electron chi connectivity index (χ0n) is 12.8. The van der Waals surface area contributed by atoms with Crippen LogP contribution in [0.4, 0.5) is 0 Å². The van der Waals surface area contributed by atoms with E-state index in [1.807, 2.05) is 0 Å². The lowest BCUT2D eigenvalue weighted by molar-refractivity contribution is 0.0103. The Morgan fingerprint density at radius 3 is 2.33 bits per heavy atom. The minimum absolute atomic E-state index is 0.294. The van der Waals surface area contributed by atoms with Gasteiger partial charge in [-0.3, -0.25) is 0 Å². The highest BCUT2D eigenvalue weighted by molar-refractivity contribution is 5.00. The molecule has 1 fully saturated rings. The van der Waals surface area contributed by atoms with Gasteiger partial charge in [0.2, 0.25) is 0 Å². The normalized spacial score (nSPS) is 21.2. The zero-order chi connectivity index (χ0) is 13.4. The van der Waals surface area contributed by atoms with Crippen LogP contribution in [0.2, 0.25) is 0 Å². The van der Waals surface area contributed by atoms with E-state index in [0.717, 1.165) is 19.8 Å². The van der Waals surface area contributed by atoms with Gasteiger partial charge in [0.25, 0.3) is 0 Å². The molecule has 0 aromatic rings. The maximum absolute atomic E-state index is 5.73. The van der Waals surface area contributed by atoms with Crippen molar-refractivity contribution in [3.63, 3.8) is 0 Å². The summed E-state index contributed by atoms with van der Waals surface area (Å²) in [6.07, 6.45) is 7.89. The van der Waals surface area contributed by atoms with Gasteiger partial charge >= 0.3 is 0 Å². The smallest absolute Gasteiger partial charge is 0.0637 e. The minimum Gasteiger partial charge on any atom is -0.380 e. The van der Waals surface area contributed by atoms with Gasteiger partial charge in [0.1, 0.15) is 0 Å². The van der Waals surface area contributed by atoms with Crippen molar-refractivity contribution in [2.75, 3.05) is 33.9 Å². The van der Waals surface area contributed by atoms with E-state index in [2.05, 4.69) is 38.2 Å². The first-order valence-corrected chi connectivity index (χ1v) is 7.66. The first-order chi connectivity index (χ1) is 8.67. The lowest BCUT2D eigenvalue weighted by Crippen LogP contribution is -2.61. The third-order valence-corrected chi connectivity index (χ3v) is 4.39. The Hall–Kier alpha value is -0.120. The van der Waals surface area contributed by atoms with E-state index in [0.29, 0.717) is 11.6 Å². The van der Waals surface area contributed by atoms with Crippen molar-refractivity contribution in [1.29, 1.82) is 0 Å². The monoisotopic (exact) mass is 256 g/mol. The minimum atomic E-state index is 0.294. The molecule has 0 bridgehead atoms. The molecule has 1 atom stereocenters. The molecule has 1 aliphatic carbocycles. The summed E-state index contributed by atoms with van der Waals surface area (Å²) in [5.41, 5.74) is 0.294. The molecule has 0 amide bonds. The highest BCUT2D eigenvalue weighted by Gasteiger charge is 2.41. The van der Waals surface area contributed by atoms with Gasteiger partial charge in [0.05, 0.1) is 6.61 Å². The van der Waals surface area contributed by atoms with E-state index in [-0.39, 0.29) is 0 Å². The summed E-state index contributed by atoms with van der Waals surface area (Å²) in [6, 6.07) is 0.465. The molecular weight excluding hydrogens is 224 g/mol. The Morgan fingerprint density at radius 2 is 1.83 bits per heavy atom. The fraction of sp³-hybridized carbons (Fsp3) is 1.00. The van der Waals surface area contributed by atoms with E-state index in [4.69, 9.17) is 4.74 Å². The van der Waals surface area contributed by atoms with Crippen molar-refractivity contribution < 1.29 is 4.74 Å². The predicted molar refractivity (Wildman–Crippen MR) is 78.1 cm³/mol. The number of nitrogens with one attached hydrogen (secondary N) is 1. The number of rotatable bonds is 8. The van der Waals surface area contributed by atoms with Crippen LogP contribution < -0.4 is 5.32 Å². The zero-order valence-corrected chi connectivity index (χ0v) is 12.8. The SMILES string of the molecule is CCCNC(COCC)C1(N(C)C)CCCCC1. The molecule has 18 heavy (non-hydrogen) atoms. The van der Waals surface area contributed by atoms with Crippen LogP contribution in [-0.4, -0.2) is 50.3 Å². The Balaban J connectivity index is 2.74. The molecule has 0 saturated heterocycles. The maximum atomic E-state index is 5.73. The molecular formula is C15H32N2O. The first-order valence-electron chi connectivity index (χ1n) is 7.66. The highest BCUT2D eigenvalue weighted by Crippen LogP contribution is 2.35. The molecule has 0 heterocycles. The number of ether oxygens (including phenoxy) is 1. The lowest BCUT2D eigenvalue weighted by atomic mass is 9.75. The van der Waals surface area contributed by atoms with Gasteiger partial charge in [-0.05, 0) is 46.8 Å². The van der Waals surface area contributed by atoms with Crippen LogP contribution in [0.5, 0.6) is 0 Å². The molecule has 1 N–H and O–H groups in total. The number of likely N-dealkylation sites (N-methyl/N-ethyl adjacent to an activating group) is 1. The molecule has 3 nitrogen and oxygen atoms in total. The predicted octanol–water partition coefficient (Wildman–Crippen LogP) is 2.66. The summed E-state index contributed by atoms with van der Waals surface area (Å²) in [6.45, 7) is 7.06. The van der Waals surface area contributed by atoms with Crippen LogP contribution >= 0.6 is 0 Å². The Kier molecular flexibility index (Phi) is 7.20. The summed E-state index contributed by atoms with van der Waals surface area (Å²) >= 11 is 0. The van der Waals surface area contributed by atoms with Crippen LogP contribution in [0.25, 0.3) is 0 Å². The van der Waals surface area contributed by atoms with Crippen LogP contribution in [0.15, 0.2) is 0 Å². The summed E-state index contributed by atoms with van der Waals surface area (Å²) in [7, 11) is 4.47. The van der Waals surface area contributed by atoms with Crippen molar-refractivity contribution in [2.45, 2.75) is 64.0 Å².